The van der Waals surface area contributed by atoms with Crippen LogP contribution in [-0.4, -0.2) is 65.5 Å². The molecule has 0 aromatic heterocycles. The summed E-state index contributed by atoms with van der Waals surface area (Å²) in [6, 6.07) is 5.83. The molecule has 2 aliphatic carbocycles. The molecule has 0 bridgehead atoms. The van der Waals surface area contributed by atoms with Crippen LogP contribution < -0.4 is 15.4 Å². The van der Waals surface area contributed by atoms with Crippen molar-refractivity contribution in [2.45, 2.75) is 108 Å². The van der Waals surface area contributed by atoms with Crippen molar-refractivity contribution in [3.05, 3.63) is 41.5 Å². The highest BCUT2D eigenvalue weighted by atomic mass is 16.6. The number of carbonyl (C=O) groups is 4. The first-order valence-electron chi connectivity index (χ1n) is 15.2. The number of amides is 2. The first-order valence-corrected chi connectivity index (χ1v) is 15.2. The molecule has 9 nitrogen and oxygen atoms in total. The highest BCUT2D eigenvalue weighted by Gasteiger charge is 2.50. The summed E-state index contributed by atoms with van der Waals surface area (Å²) in [4.78, 5) is 53.4. The Bertz CT molecular complexity index is 1180. The fraction of sp³-hybridized carbons (Fsp3) is 0.636. The van der Waals surface area contributed by atoms with Crippen LogP contribution in [0.15, 0.2) is 35.9 Å². The Balaban J connectivity index is 1.45. The molecule has 4 unspecified atom stereocenters. The van der Waals surface area contributed by atoms with Crippen LogP contribution in [0.4, 0.5) is 0 Å². The van der Waals surface area contributed by atoms with Crippen LogP contribution in [0.5, 0.6) is 5.75 Å². The second-order valence-electron chi connectivity index (χ2n) is 12.8. The summed E-state index contributed by atoms with van der Waals surface area (Å²) < 4.78 is 10.7. The maximum Gasteiger partial charge on any atom is 0.224 e. The second kappa shape index (κ2) is 13.5. The van der Waals surface area contributed by atoms with Crippen molar-refractivity contribution in [1.29, 1.82) is 0 Å². The van der Waals surface area contributed by atoms with Crippen molar-refractivity contribution < 1.29 is 33.8 Å². The molecular formula is C33H46N2O7. The van der Waals surface area contributed by atoms with E-state index in [0.717, 1.165) is 30.4 Å². The Labute approximate surface area is 248 Å². The normalized spacial score (nSPS) is 27.3. The third-order valence-electron chi connectivity index (χ3n) is 9.07. The van der Waals surface area contributed by atoms with E-state index in [1.54, 1.807) is 40.0 Å². The lowest BCUT2D eigenvalue weighted by atomic mass is 9.79. The topological polar surface area (TPSA) is 134 Å². The van der Waals surface area contributed by atoms with E-state index in [2.05, 4.69) is 16.7 Å². The van der Waals surface area contributed by atoms with Crippen molar-refractivity contribution in [1.82, 2.24) is 10.6 Å². The van der Waals surface area contributed by atoms with Crippen molar-refractivity contribution in [2.75, 3.05) is 13.7 Å². The first kappa shape index (κ1) is 31.9. The molecule has 1 saturated carbocycles. The Morgan fingerprint density at radius 3 is 2.31 bits per heavy atom. The van der Waals surface area contributed by atoms with Gasteiger partial charge in [0.05, 0.1) is 31.4 Å². The van der Waals surface area contributed by atoms with Crippen LogP contribution in [0.3, 0.4) is 0 Å². The van der Waals surface area contributed by atoms with Gasteiger partial charge in [0, 0.05) is 18.3 Å². The molecule has 0 spiro atoms. The van der Waals surface area contributed by atoms with Crippen LogP contribution in [0.2, 0.25) is 0 Å². The summed E-state index contributed by atoms with van der Waals surface area (Å²) in [5.41, 5.74) is 0.371. The lowest BCUT2D eigenvalue weighted by Crippen LogP contribution is -2.49. The van der Waals surface area contributed by atoms with Gasteiger partial charge in [0.15, 0.2) is 11.6 Å². The number of carbonyl (C=O) groups excluding carboxylic acids is 4. The highest BCUT2D eigenvalue weighted by Crippen LogP contribution is 2.33. The van der Waals surface area contributed by atoms with Crippen molar-refractivity contribution >= 4 is 23.4 Å². The standard InChI is InChI=1S/C33H46N2O7/c1-21(34-30(38)24-13-15-32(2,40)16-14-24)28(36)19-25(17-23-9-11-26(41-4)12-10-23)31(39)35-27(18-22-7-5-6-8-22)29(37)33(3)20-42-33/h7,9-12,21,24-25,27,40H,5-6,8,13-20H2,1-4H3,(H,34,38)(H,35,39). The average molecular weight is 583 g/mol. The van der Waals surface area contributed by atoms with E-state index in [1.807, 2.05) is 12.1 Å². The number of allylic oxidation sites excluding steroid dienone is 1. The highest BCUT2D eigenvalue weighted by molar-refractivity contribution is 5.98. The van der Waals surface area contributed by atoms with Crippen LogP contribution in [0.1, 0.15) is 84.1 Å². The fourth-order valence-electron chi connectivity index (χ4n) is 5.94. The van der Waals surface area contributed by atoms with Gasteiger partial charge in [-0.2, -0.15) is 0 Å². The lowest BCUT2D eigenvalue weighted by Gasteiger charge is -2.32. The van der Waals surface area contributed by atoms with Crippen LogP contribution in [0.25, 0.3) is 0 Å². The van der Waals surface area contributed by atoms with Crippen molar-refractivity contribution in [3.8, 4) is 5.75 Å². The van der Waals surface area contributed by atoms with Crippen molar-refractivity contribution in [3.63, 3.8) is 0 Å². The van der Waals surface area contributed by atoms with Crippen LogP contribution in [0, 0.1) is 11.8 Å². The fourth-order valence-corrected chi connectivity index (χ4v) is 5.94. The van der Waals surface area contributed by atoms with Gasteiger partial charge >= 0.3 is 0 Å². The number of Topliss-reactive ketones (excluding diaryl/α,β-unsaturated/α-hetero) is 2. The molecule has 0 radical (unpaired) electrons. The average Bonchev–Trinajstić information content (AvgIpc) is 3.50. The lowest BCUT2D eigenvalue weighted by molar-refractivity contribution is -0.135. The SMILES string of the molecule is COc1ccc(CC(CC(=O)C(C)NC(=O)C2CCC(C)(O)CC2)C(=O)NC(CC2=CCCC2)C(=O)C2(C)CO2)cc1. The maximum absolute atomic E-state index is 13.8. The molecule has 230 valence electrons. The second-order valence-corrected chi connectivity index (χ2v) is 12.8. The molecule has 3 N–H and O–H groups in total. The van der Waals surface area contributed by atoms with Gasteiger partial charge in [-0.25, -0.2) is 0 Å². The minimum atomic E-state index is -0.885. The number of benzene rings is 1. The molecule has 4 rings (SSSR count). The Kier molecular flexibility index (Phi) is 10.3. The molecular weight excluding hydrogens is 536 g/mol. The van der Waals surface area contributed by atoms with E-state index >= 15 is 0 Å². The number of hydrogen-bond acceptors (Lipinski definition) is 7. The quantitative estimate of drug-likeness (QED) is 0.225. The van der Waals surface area contributed by atoms with Crippen LogP contribution in [-0.2, 0) is 30.3 Å². The molecule has 2 amide bonds. The summed E-state index contributed by atoms with van der Waals surface area (Å²) in [7, 11) is 1.58. The molecule has 4 atom stereocenters. The zero-order chi connectivity index (χ0) is 30.5. The summed E-state index contributed by atoms with van der Waals surface area (Å²) in [5, 5.41) is 16.0. The molecule has 1 aromatic carbocycles. The number of nitrogens with one attached hydrogen (secondary N) is 2. The smallest absolute Gasteiger partial charge is 0.224 e. The minimum absolute atomic E-state index is 0.0872. The van der Waals surface area contributed by atoms with E-state index in [-0.39, 0.29) is 42.1 Å². The number of ether oxygens (including phenoxy) is 2. The summed E-state index contributed by atoms with van der Waals surface area (Å²) in [6.45, 7) is 5.50. The molecule has 1 aromatic rings. The van der Waals surface area contributed by atoms with Gasteiger partial charge in [0.25, 0.3) is 0 Å². The van der Waals surface area contributed by atoms with E-state index in [1.165, 1.54) is 0 Å². The predicted molar refractivity (Wildman–Crippen MR) is 158 cm³/mol. The van der Waals surface area contributed by atoms with Gasteiger partial charge in [-0.15, -0.1) is 0 Å². The molecule has 1 saturated heterocycles. The van der Waals surface area contributed by atoms with Gasteiger partial charge in [0.1, 0.15) is 11.4 Å². The zero-order valence-electron chi connectivity index (χ0n) is 25.4. The molecule has 2 fully saturated rings. The minimum Gasteiger partial charge on any atom is -0.497 e. The first-order chi connectivity index (χ1) is 19.9. The zero-order valence-corrected chi connectivity index (χ0v) is 25.4. The number of rotatable bonds is 14. The number of aliphatic hydroxyl groups is 1. The summed E-state index contributed by atoms with van der Waals surface area (Å²) in [5.74, 6) is -1.27. The molecule has 1 heterocycles. The Morgan fingerprint density at radius 2 is 1.74 bits per heavy atom. The van der Waals surface area contributed by atoms with Gasteiger partial charge in [0.2, 0.25) is 11.8 Å². The maximum atomic E-state index is 13.8. The Morgan fingerprint density at radius 1 is 1.07 bits per heavy atom. The third-order valence-corrected chi connectivity index (χ3v) is 9.07. The number of ketones is 2. The molecule has 3 aliphatic rings. The van der Waals surface area contributed by atoms with E-state index in [4.69, 9.17) is 9.47 Å². The third kappa shape index (κ3) is 8.51. The number of hydrogen-bond donors (Lipinski definition) is 3. The molecule has 1 aliphatic heterocycles. The van der Waals surface area contributed by atoms with E-state index in [9.17, 15) is 24.3 Å². The summed E-state index contributed by atoms with van der Waals surface area (Å²) in [6.07, 6.45) is 7.90. The number of epoxide rings is 1. The van der Waals surface area contributed by atoms with Gasteiger partial charge in [-0.1, -0.05) is 23.8 Å². The Hall–Kier alpha value is -3.04. The van der Waals surface area contributed by atoms with Gasteiger partial charge < -0.3 is 25.2 Å². The molecule has 42 heavy (non-hydrogen) atoms. The van der Waals surface area contributed by atoms with Crippen LogP contribution >= 0.6 is 0 Å². The van der Waals surface area contributed by atoms with E-state index < -0.39 is 29.2 Å². The van der Waals surface area contributed by atoms with Gasteiger partial charge in [-0.05, 0) is 96.3 Å². The number of methoxy groups -OCH3 is 1. The van der Waals surface area contributed by atoms with Gasteiger partial charge in [-0.3, -0.25) is 19.2 Å². The van der Waals surface area contributed by atoms with Crippen molar-refractivity contribution in [2.24, 2.45) is 11.8 Å². The van der Waals surface area contributed by atoms with E-state index in [0.29, 0.717) is 44.5 Å². The summed E-state index contributed by atoms with van der Waals surface area (Å²) >= 11 is 0. The monoisotopic (exact) mass is 582 g/mol. The largest absolute Gasteiger partial charge is 0.497 e. The predicted octanol–water partition coefficient (Wildman–Crippen LogP) is 3.60. The molecule has 9 heteroatoms.